The molecule has 0 bridgehead atoms. The molecule has 0 aliphatic carbocycles. The Morgan fingerprint density at radius 3 is 2.64 bits per heavy atom. The summed E-state index contributed by atoms with van der Waals surface area (Å²) in [6.07, 6.45) is 0.893. The summed E-state index contributed by atoms with van der Waals surface area (Å²) in [5.74, 6) is 0.451. The van der Waals surface area contributed by atoms with Crippen molar-refractivity contribution >= 4 is 5.69 Å². The van der Waals surface area contributed by atoms with Crippen LogP contribution in [0.1, 0.15) is 13.8 Å². The Kier molecular flexibility index (Phi) is 5.18. The van der Waals surface area contributed by atoms with Crippen molar-refractivity contribution in [2.45, 2.75) is 32.6 Å². The molecule has 8 nitrogen and oxygen atoms in total. The van der Waals surface area contributed by atoms with Gasteiger partial charge in [0.15, 0.2) is 5.82 Å². The zero-order chi connectivity index (χ0) is 16.1. The number of hydrogen-bond acceptors (Lipinski definition) is 6. The number of nitro groups is 1. The van der Waals surface area contributed by atoms with Crippen LogP contribution >= 0.6 is 0 Å². The summed E-state index contributed by atoms with van der Waals surface area (Å²) >= 11 is 0. The summed E-state index contributed by atoms with van der Waals surface area (Å²) in [4.78, 5) is 14.3. The van der Waals surface area contributed by atoms with Crippen molar-refractivity contribution in [1.82, 2.24) is 14.8 Å². The highest BCUT2D eigenvalue weighted by molar-refractivity contribution is 5.56. The van der Waals surface area contributed by atoms with Crippen molar-refractivity contribution in [3.63, 3.8) is 0 Å². The average molecular weight is 306 g/mol. The van der Waals surface area contributed by atoms with Crippen molar-refractivity contribution < 1.29 is 14.8 Å². The second kappa shape index (κ2) is 7.10. The second-order valence-corrected chi connectivity index (χ2v) is 5.13. The van der Waals surface area contributed by atoms with E-state index in [0.717, 1.165) is 0 Å². The summed E-state index contributed by atoms with van der Waals surface area (Å²) in [5.41, 5.74) is 0.696. The van der Waals surface area contributed by atoms with Gasteiger partial charge in [-0.25, -0.2) is 9.67 Å². The molecule has 1 N–H and O–H groups in total. The van der Waals surface area contributed by atoms with Gasteiger partial charge in [0.1, 0.15) is 6.33 Å². The molecule has 8 heteroatoms. The van der Waals surface area contributed by atoms with Crippen molar-refractivity contribution in [3.8, 4) is 11.4 Å². The molecule has 2 aromatic rings. The first-order valence-electron chi connectivity index (χ1n) is 6.89. The predicted molar refractivity (Wildman–Crippen MR) is 79.2 cm³/mol. The first kappa shape index (κ1) is 16.1. The van der Waals surface area contributed by atoms with E-state index in [4.69, 9.17) is 4.74 Å². The van der Waals surface area contributed by atoms with Gasteiger partial charge in [0.25, 0.3) is 5.69 Å². The fourth-order valence-corrected chi connectivity index (χ4v) is 1.82. The van der Waals surface area contributed by atoms with Crippen LogP contribution in [0.3, 0.4) is 0 Å². The van der Waals surface area contributed by atoms with Gasteiger partial charge < -0.3 is 9.84 Å². The molecule has 0 fully saturated rings. The lowest BCUT2D eigenvalue weighted by molar-refractivity contribution is -0.384. The number of aliphatic hydroxyl groups is 1. The third-order valence-corrected chi connectivity index (χ3v) is 2.89. The Morgan fingerprint density at radius 2 is 2.05 bits per heavy atom. The second-order valence-electron chi connectivity index (χ2n) is 5.13. The quantitative estimate of drug-likeness (QED) is 0.616. The zero-order valence-electron chi connectivity index (χ0n) is 12.4. The third kappa shape index (κ3) is 4.34. The highest BCUT2D eigenvalue weighted by Crippen LogP contribution is 2.18. The Labute approximate surface area is 127 Å². The van der Waals surface area contributed by atoms with Gasteiger partial charge in [-0.3, -0.25) is 10.1 Å². The van der Waals surface area contributed by atoms with E-state index in [1.807, 2.05) is 13.8 Å². The molecule has 118 valence electrons. The van der Waals surface area contributed by atoms with Crippen LogP contribution in [0, 0.1) is 10.1 Å². The van der Waals surface area contributed by atoms with E-state index >= 15 is 0 Å². The standard InChI is InChI=1S/C14H18N4O4/c1-10(2)22-8-13(19)7-17-9-15-14(16-17)11-3-5-12(6-4-11)18(20)21/h3-6,9-10,13,19H,7-8H2,1-2H3. The summed E-state index contributed by atoms with van der Waals surface area (Å²) in [7, 11) is 0. The highest BCUT2D eigenvalue weighted by atomic mass is 16.6. The van der Waals surface area contributed by atoms with Gasteiger partial charge in [-0.05, 0) is 26.0 Å². The Morgan fingerprint density at radius 1 is 1.36 bits per heavy atom. The summed E-state index contributed by atoms with van der Waals surface area (Å²) < 4.78 is 6.85. The number of nitrogens with zero attached hydrogens (tertiary/aromatic N) is 4. The SMILES string of the molecule is CC(C)OCC(O)Cn1cnc(-c2ccc([N+](=O)[O-])cc2)n1. The van der Waals surface area contributed by atoms with Gasteiger partial charge in [-0.2, -0.15) is 5.10 Å². The maximum absolute atomic E-state index is 10.6. The fraction of sp³-hybridized carbons (Fsp3) is 0.429. The molecule has 2 rings (SSSR count). The lowest BCUT2D eigenvalue weighted by Gasteiger charge is -2.12. The van der Waals surface area contributed by atoms with Crippen LogP contribution in [0.4, 0.5) is 5.69 Å². The third-order valence-electron chi connectivity index (χ3n) is 2.89. The van der Waals surface area contributed by atoms with Crippen molar-refractivity contribution in [2.75, 3.05) is 6.61 Å². The molecule has 1 aromatic heterocycles. The summed E-state index contributed by atoms with van der Waals surface area (Å²) in [5, 5.41) is 24.7. The normalized spacial score (nSPS) is 12.5. The van der Waals surface area contributed by atoms with Gasteiger partial charge in [0, 0.05) is 17.7 Å². The van der Waals surface area contributed by atoms with Crippen molar-refractivity contribution in [3.05, 3.63) is 40.7 Å². The predicted octanol–water partition coefficient (Wildman–Crippen LogP) is 1.64. The monoisotopic (exact) mass is 306 g/mol. The molecule has 0 saturated heterocycles. The number of hydrogen-bond donors (Lipinski definition) is 1. The van der Waals surface area contributed by atoms with Crippen LogP contribution in [0.15, 0.2) is 30.6 Å². The number of rotatable bonds is 7. The van der Waals surface area contributed by atoms with Crippen LogP contribution in [0.25, 0.3) is 11.4 Å². The Bertz CT molecular complexity index is 624. The number of nitro benzene ring substituents is 1. The lowest BCUT2D eigenvalue weighted by Crippen LogP contribution is -2.24. The maximum Gasteiger partial charge on any atom is 0.269 e. The number of ether oxygens (including phenoxy) is 1. The molecule has 1 atom stereocenters. The van der Waals surface area contributed by atoms with Crippen molar-refractivity contribution in [1.29, 1.82) is 0 Å². The molecule has 0 aliphatic heterocycles. The summed E-state index contributed by atoms with van der Waals surface area (Å²) in [6.45, 7) is 4.29. The maximum atomic E-state index is 10.6. The van der Waals surface area contributed by atoms with E-state index in [1.54, 1.807) is 12.1 Å². The van der Waals surface area contributed by atoms with Gasteiger partial charge in [-0.1, -0.05) is 0 Å². The van der Waals surface area contributed by atoms with Crippen LogP contribution in [0.2, 0.25) is 0 Å². The van der Waals surface area contributed by atoms with Gasteiger partial charge >= 0.3 is 0 Å². The minimum Gasteiger partial charge on any atom is -0.389 e. The highest BCUT2D eigenvalue weighted by Gasteiger charge is 2.11. The number of aliphatic hydroxyl groups excluding tert-OH is 1. The van der Waals surface area contributed by atoms with Crippen molar-refractivity contribution in [2.24, 2.45) is 0 Å². The molecule has 1 heterocycles. The van der Waals surface area contributed by atoms with E-state index in [9.17, 15) is 15.2 Å². The molecule has 0 radical (unpaired) electrons. The fourth-order valence-electron chi connectivity index (χ4n) is 1.82. The van der Waals surface area contributed by atoms with Gasteiger partial charge in [0.2, 0.25) is 0 Å². The van der Waals surface area contributed by atoms with Crippen LogP contribution in [-0.2, 0) is 11.3 Å². The van der Waals surface area contributed by atoms with E-state index in [0.29, 0.717) is 11.4 Å². The summed E-state index contributed by atoms with van der Waals surface area (Å²) in [6, 6.07) is 5.99. The molecular weight excluding hydrogens is 288 g/mol. The molecule has 1 unspecified atom stereocenters. The largest absolute Gasteiger partial charge is 0.389 e. The molecule has 22 heavy (non-hydrogen) atoms. The first-order valence-corrected chi connectivity index (χ1v) is 6.89. The van der Waals surface area contributed by atoms with E-state index in [2.05, 4.69) is 10.1 Å². The Balaban J connectivity index is 2.00. The number of benzene rings is 1. The van der Waals surface area contributed by atoms with Gasteiger partial charge in [0.05, 0.1) is 30.3 Å². The van der Waals surface area contributed by atoms with E-state index in [1.165, 1.54) is 23.1 Å². The lowest BCUT2D eigenvalue weighted by atomic mass is 10.2. The smallest absolute Gasteiger partial charge is 0.269 e. The molecule has 0 amide bonds. The molecular formula is C14H18N4O4. The van der Waals surface area contributed by atoms with Crippen LogP contribution in [-0.4, -0.2) is 43.6 Å². The topological polar surface area (TPSA) is 103 Å². The molecule has 1 aromatic carbocycles. The number of aromatic nitrogens is 3. The van der Waals surface area contributed by atoms with Crippen LogP contribution in [0.5, 0.6) is 0 Å². The zero-order valence-corrected chi connectivity index (χ0v) is 12.4. The minimum absolute atomic E-state index is 0.0180. The van der Waals surface area contributed by atoms with E-state index in [-0.39, 0.29) is 24.9 Å². The molecule has 0 aliphatic rings. The van der Waals surface area contributed by atoms with Gasteiger partial charge in [-0.15, -0.1) is 0 Å². The molecule has 0 saturated carbocycles. The first-order chi connectivity index (χ1) is 10.5. The number of non-ortho nitro benzene ring substituents is 1. The van der Waals surface area contributed by atoms with Crippen LogP contribution < -0.4 is 0 Å². The minimum atomic E-state index is -0.672. The average Bonchev–Trinajstić information content (AvgIpc) is 2.93. The van der Waals surface area contributed by atoms with E-state index < -0.39 is 11.0 Å². The Hall–Kier alpha value is -2.32. The molecule has 0 spiro atoms.